The highest BCUT2D eigenvalue weighted by Crippen LogP contribution is 2.35. The largest absolute Gasteiger partial charge is 0.493 e. The summed E-state index contributed by atoms with van der Waals surface area (Å²) in [5, 5.41) is 0. The average molecular weight is 336 g/mol. The molecule has 0 spiro atoms. The van der Waals surface area contributed by atoms with Gasteiger partial charge < -0.3 is 9.64 Å². The lowest BCUT2D eigenvalue weighted by atomic mass is 9.84. The fourth-order valence-electron chi connectivity index (χ4n) is 4.99. The van der Waals surface area contributed by atoms with Crippen molar-refractivity contribution in [3.63, 3.8) is 0 Å². The van der Waals surface area contributed by atoms with Gasteiger partial charge in [0.25, 0.3) is 0 Å². The van der Waals surface area contributed by atoms with E-state index in [1.54, 1.807) is 10.5 Å². The molecule has 2 unspecified atom stereocenters. The Hall–Kier alpha value is -1.80. The second kappa shape index (κ2) is 7.21. The number of aryl methyl sites for hydroxylation is 1. The highest BCUT2D eigenvalue weighted by Gasteiger charge is 2.44. The zero-order valence-corrected chi connectivity index (χ0v) is 15.5. The molecule has 2 saturated heterocycles. The summed E-state index contributed by atoms with van der Waals surface area (Å²) in [5.41, 5.74) is 4.30. The smallest absolute Gasteiger partial charge is 0.128 e. The van der Waals surface area contributed by atoms with Crippen LogP contribution in [0.15, 0.2) is 48.5 Å². The van der Waals surface area contributed by atoms with E-state index in [2.05, 4.69) is 62.4 Å². The summed E-state index contributed by atoms with van der Waals surface area (Å²) in [6.45, 7) is 6.11. The Bertz CT molecular complexity index is 694. The highest BCUT2D eigenvalue weighted by molar-refractivity contribution is 5.32. The second-order valence-electron chi connectivity index (χ2n) is 7.84. The summed E-state index contributed by atoms with van der Waals surface area (Å²) in [6, 6.07) is 19.5. The highest BCUT2D eigenvalue weighted by atomic mass is 16.5. The van der Waals surface area contributed by atoms with Crippen LogP contribution in [0, 0.1) is 6.92 Å². The predicted octanol–water partition coefficient (Wildman–Crippen LogP) is 3.89. The molecule has 2 aromatic carbocycles. The molecule has 0 aromatic heterocycles. The van der Waals surface area contributed by atoms with Crippen molar-refractivity contribution in [2.75, 3.05) is 6.61 Å². The third-order valence-corrected chi connectivity index (χ3v) is 6.27. The van der Waals surface area contributed by atoms with Crippen molar-refractivity contribution >= 4 is 0 Å². The van der Waals surface area contributed by atoms with Gasteiger partial charge in [-0.15, -0.1) is 0 Å². The van der Waals surface area contributed by atoms with Gasteiger partial charge in [0.2, 0.25) is 0 Å². The Morgan fingerprint density at radius 3 is 2.32 bits per heavy atom. The fraction of sp³-hybridized carbons (Fsp3) is 0.478. The normalized spacial score (nSPS) is 28.1. The van der Waals surface area contributed by atoms with Gasteiger partial charge >= 0.3 is 0 Å². The molecule has 2 heteroatoms. The van der Waals surface area contributed by atoms with Crippen LogP contribution in [0.5, 0.6) is 5.75 Å². The quantitative estimate of drug-likeness (QED) is 0.874. The summed E-state index contributed by atoms with van der Waals surface area (Å²) in [7, 11) is 0. The van der Waals surface area contributed by atoms with Crippen molar-refractivity contribution in [2.45, 2.75) is 64.1 Å². The molecule has 2 bridgehead atoms. The van der Waals surface area contributed by atoms with E-state index < -0.39 is 0 Å². The van der Waals surface area contributed by atoms with Gasteiger partial charge in [-0.3, -0.25) is 0 Å². The van der Waals surface area contributed by atoms with Crippen molar-refractivity contribution in [1.29, 1.82) is 0 Å². The first-order valence-corrected chi connectivity index (χ1v) is 9.87. The third-order valence-electron chi connectivity index (χ3n) is 6.27. The van der Waals surface area contributed by atoms with Crippen LogP contribution in [0.3, 0.4) is 0 Å². The van der Waals surface area contributed by atoms with Gasteiger partial charge in [-0.2, -0.15) is 0 Å². The van der Waals surface area contributed by atoms with Gasteiger partial charge in [-0.25, -0.2) is 0 Å². The van der Waals surface area contributed by atoms with Crippen LogP contribution in [-0.4, -0.2) is 18.7 Å². The Morgan fingerprint density at radius 2 is 1.64 bits per heavy atom. The summed E-state index contributed by atoms with van der Waals surface area (Å²) < 4.78 is 5.86. The third kappa shape index (κ3) is 3.46. The number of hydrogen-bond donors (Lipinski definition) is 1. The lowest BCUT2D eigenvalue weighted by molar-refractivity contribution is -0.954. The molecular weight excluding hydrogens is 306 g/mol. The van der Waals surface area contributed by atoms with E-state index in [1.807, 2.05) is 0 Å². The van der Waals surface area contributed by atoms with Crippen LogP contribution in [-0.2, 0) is 6.54 Å². The number of para-hydroxylation sites is 1. The van der Waals surface area contributed by atoms with E-state index in [0.29, 0.717) is 0 Å². The summed E-state index contributed by atoms with van der Waals surface area (Å²) in [6.07, 6.45) is 5.45. The molecule has 2 nitrogen and oxygen atoms in total. The number of ether oxygens (including phenoxy) is 1. The van der Waals surface area contributed by atoms with Crippen LogP contribution in [0.4, 0.5) is 0 Å². The van der Waals surface area contributed by atoms with Gasteiger partial charge in [-0.1, -0.05) is 42.0 Å². The van der Waals surface area contributed by atoms with E-state index in [0.717, 1.165) is 36.9 Å². The van der Waals surface area contributed by atoms with Crippen molar-refractivity contribution in [2.24, 2.45) is 0 Å². The summed E-state index contributed by atoms with van der Waals surface area (Å²) >= 11 is 0. The van der Waals surface area contributed by atoms with E-state index in [9.17, 15) is 0 Å². The van der Waals surface area contributed by atoms with Crippen molar-refractivity contribution < 1.29 is 9.64 Å². The first kappa shape index (κ1) is 16.7. The number of rotatable bonds is 5. The van der Waals surface area contributed by atoms with Crippen molar-refractivity contribution in [3.8, 4) is 5.75 Å². The van der Waals surface area contributed by atoms with Gasteiger partial charge in [0.05, 0.1) is 18.7 Å². The topological polar surface area (TPSA) is 13.7 Å². The maximum atomic E-state index is 5.86. The van der Waals surface area contributed by atoms with Gasteiger partial charge in [0.1, 0.15) is 12.3 Å². The van der Waals surface area contributed by atoms with Crippen LogP contribution in [0.1, 0.15) is 55.2 Å². The minimum Gasteiger partial charge on any atom is -0.493 e. The maximum Gasteiger partial charge on any atom is 0.128 e. The van der Waals surface area contributed by atoms with Crippen molar-refractivity contribution in [1.82, 2.24) is 0 Å². The van der Waals surface area contributed by atoms with E-state index in [-0.39, 0.29) is 0 Å². The SMILES string of the molecule is CCOc1ccccc1C[NH+]1[C@@H]2CC[C@H]1CC(c1ccc(C)cc1)C2. The van der Waals surface area contributed by atoms with Crippen LogP contribution in [0.25, 0.3) is 0 Å². The van der Waals surface area contributed by atoms with Gasteiger partial charge in [0, 0.05) is 31.2 Å². The Morgan fingerprint density at radius 1 is 0.960 bits per heavy atom. The Kier molecular flexibility index (Phi) is 4.80. The van der Waals surface area contributed by atoms with Gasteiger partial charge in [0.15, 0.2) is 0 Å². The van der Waals surface area contributed by atoms with Crippen LogP contribution >= 0.6 is 0 Å². The molecule has 25 heavy (non-hydrogen) atoms. The maximum absolute atomic E-state index is 5.86. The van der Waals surface area contributed by atoms with E-state index in [4.69, 9.17) is 4.74 Å². The molecule has 0 aliphatic carbocycles. The lowest BCUT2D eigenvalue weighted by Crippen LogP contribution is -3.16. The standard InChI is InChI=1S/C23H29NO/c1-3-25-23-7-5-4-6-19(23)16-24-21-12-13-22(24)15-20(14-21)18-10-8-17(2)9-11-18/h4-11,20-22H,3,12-16H2,1-2H3/p+1/t20?,21-,22+. The lowest BCUT2D eigenvalue weighted by Gasteiger charge is -2.36. The monoisotopic (exact) mass is 336 g/mol. The molecule has 4 rings (SSSR count). The molecule has 2 heterocycles. The number of quaternary nitrogens is 1. The fourth-order valence-corrected chi connectivity index (χ4v) is 4.99. The molecule has 2 aliphatic heterocycles. The molecule has 0 amide bonds. The van der Waals surface area contributed by atoms with Gasteiger partial charge in [-0.05, 0) is 37.5 Å². The van der Waals surface area contributed by atoms with Crippen molar-refractivity contribution in [3.05, 3.63) is 65.2 Å². The second-order valence-corrected chi connectivity index (χ2v) is 7.84. The molecule has 1 N–H and O–H groups in total. The minimum atomic E-state index is 0.745. The molecule has 2 aliphatic rings. The predicted molar refractivity (Wildman–Crippen MR) is 102 cm³/mol. The van der Waals surface area contributed by atoms with Crippen LogP contribution < -0.4 is 9.64 Å². The molecular formula is C23H30NO+. The average Bonchev–Trinajstić information content (AvgIpc) is 2.86. The number of hydrogen-bond acceptors (Lipinski definition) is 1. The molecule has 4 atom stereocenters. The molecule has 2 fully saturated rings. The zero-order valence-electron chi connectivity index (χ0n) is 15.5. The number of benzene rings is 2. The zero-order chi connectivity index (χ0) is 17.2. The van der Waals surface area contributed by atoms with E-state index >= 15 is 0 Å². The molecule has 132 valence electrons. The molecule has 2 aromatic rings. The van der Waals surface area contributed by atoms with Crippen LogP contribution in [0.2, 0.25) is 0 Å². The number of nitrogens with one attached hydrogen (secondary N) is 1. The first-order valence-electron chi connectivity index (χ1n) is 9.87. The summed E-state index contributed by atoms with van der Waals surface area (Å²) in [4.78, 5) is 1.80. The molecule has 0 radical (unpaired) electrons. The minimum absolute atomic E-state index is 0.745. The molecule has 0 saturated carbocycles. The number of piperidine rings is 1. The summed E-state index contributed by atoms with van der Waals surface area (Å²) in [5.74, 6) is 1.83. The Labute approximate surface area is 151 Å². The Balaban J connectivity index is 1.48. The van der Waals surface area contributed by atoms with E-state index in [1.165, 1.54) is 36.8 Å². The number of fused-ring (bicyclic) bond motifs is 2. The first-order chi connectivity index (χ1) is 12.2.